The molecular formula is C12H18N2O2. The Morgan fingerprint density at radius 2 is 2.12 bits per heavy atom. The van der Waals surface area contributed by atoms with Gasteiger partial charge in [0.2, 0.25) is 0 Å². The predicted octanol–water partition coefficient (Wildman–Crippen LogP) is 1.38. The number of benzene rings is 1. The van der Waals surface area contributed by atoms with Crippen LogP contribution in [0, 0.1) is 0 Å². The highest BCUT2D eigenvalue weighted by Crippen LogP contribution is 2.06. The van der Waals surface area contributed by atoms with Crippen molar-refractivity contribution in [3.63, 3.8) is 0 Å². The van der Waals surface area contributed by atoms with Crippen LogP contribution in [0.15, 0.2) is 30.3 Å². The zero-order valence-corrected chi connectivity index (χ0v) is 9.48. The monoisotopic (exact) mass is 222 g/mol. The third-order valence-corrected chi connectivity index (χ3v) is 2.13. The summed E-state index contributed by atoms with van der Waals surface area (Å²) >= 11 is 0. The molecule has 1 aromatic carbocycles. The summed E-state index contributed by atoms with van der Waals surface area (Å²) in [5.41, 5.74) is 6.11. The van der Waals surface area contributed by atoms with Gasteiger partial charge in [-0.25, -0.2) is 0 Å². The van der Waals surface area contributed by atoms with Gasteiger partial charge in [0.1, 0.15) is 6.10 Å². The van der Waals surface area contributed by atoms with E-state index in [0.717, 1.165) is 12.1 Å². The molecule has 0 aliphatic rings. The molecule has 4 heteroatoms. The minimum absolute atomic E-state index is 0.136. The van der Waals surface area contributed by atoms with E-state index in [1.54, 1.807) is 6.92 Å². The minimum Gasteiger partial charge on any atom is -0.369 e. The van der Waals surface area contributed by atoms with Gasteiger partial charge in [-0.3, -0.25) is 4.79 Å². The van der Waals surface area contributed by atoms with E-state index in [1.165, 1.54) is 0 Å². The van der Waals surface area contributed by atoms with E-state index >= 15 is 0 Å². The molecule has 4 nitrogen and oxygen atoms in total. The number of nitrogens with two attached hydrogens (primary N) is 1. The van der Waals surface area contributed by atoms with Crippen molar-refractivity contribution in [2.45, 2.75) is 19.4 Å². The highest BCUT2D eigenvalue weighted by Gasteiger charge is 2.12. The Balaban J connectivity index is 2.34. The average molecular weight is 222 g/mol. The van der Waals surface area contributed by atoms with Crippen molar-refractivity contribution in [2.75, 3.05) is 18.5 Å². The number of ether oxygens (including phenoxy) is 1. The summed E-state index contributed by atoms with van der Waals surface area (Å²) in [6.45, 7) is 2.82. The molecule has 1 rings (SSSR count). The first-order valence-corrected chi connectivity index (χ1v) is 5.41. The zero-order valence-electron chi connectivity index (χ0n) is 9.48. The van der Waals surface area contributed by atoms with Crippen molar-refractivity contribution >= 4 is 11.6 Å². The van der Waals surface area contributed by atoms with E-state index in [2.05, 4.69) is 5.32 Å². The topological polar surface area (TPSA) is 64.3 Å². The van der Waals surface area contributed by atoms with Crippen molar-refractivity contribution < 1.29 is 9.53 Å². The molecule has 0 saturated heterocycles. The summed E-state index contributed by atoms with van der Waals surface area (Å²) < 4.78 is 5.32. The number of carbonyl (C=O) groups excluding carboxylic acids is 1. The fraction of sp³-hybridized carbons (Fsp3) is 0.417. The van der Waals surface area contributed by atoms with Crippen LogP contribution in [0.2, 0.25) is 0 Å². The van der Waals surface area contributed by atoms with E-state index in [-0.39, 0.29) is 5.91 Å². The molecule has 0 bridgehead atoms. The fourth-order valence-electron chi connectivity index (χ4n) is 1.18. The van der Waals surface area contributed by atoms with E-state index in [9.17, 15) is 4.79 Å². The highest BCUT2D eigenvalue weighted by molar-refractivity contribution is 5.93. The summed E-state index contributed by atoms with van der Waals surface area (Å²) in [6, 6.07) is 9.32. The van der Waals surface area contributed by atoms with Crippen molar-refractivity contribution in [3.8, 4) is 0 Å². The zero-order chi connectivity index (χ0) is 11.8. The largest absolute Gasteiger partial charge is 0.369 e. The Morgan fingerprint density at radius 3 is 2.75 bits per heavy atom. The standard InChI is InChI=1S/C12H18N2O2/c1-10(16-9-5-8-13)12(15)14-11-6-3-2-4-7-11/h2-4,6-7,10H,5,8-9,13H2,1H3,(H,14,15). The molecular weight excluding hydrogens is 204 g/mol. The van der Waals surface area contributed by atoms with Crippen molar-refractivity contribution in [1.29, 1.82) is 0 Å². The maximum absolute atomic E-state index is 11.6. The Labute approximate surface area is 95.8 Å². The molecule has 0 spiro atoms. The van der Waals surface area contributed by atoms with Crippen LogP contribution in [0.5, 0.6) is 0 Å². The van der Waals surface area contributed by atoms with Gasteiger partial charge in [0.05, 0.1) is 0 Å². The number of nitrogens with one attached hydrogen (secondary N) is 1. The minimum atomic E-state index is -0.452. The van der Waals surface area contributed by atoms with Crippen LogP contribution in [0.25, 0.3) is 0 Å². The number of hydrogen-bond donors (Lipinski definition) is 2. The summed E-state index contributed by atoms with van der Waals surface area (Å²) in [5.74, 6) is -0.136. The average Bonchev–Trinajstić information content (AvgIpc) is 2.30. The van der Waals surface area contributed by atoms with E-state index in [4.69, 9.17) is 10.5 Å². The van der Waals surface area contributed by atoms with Crippen LogP contribution in [0.4, 0.5) is 5.69 Å². The maximum atomic E-state index is 11.6. The summed E-state index contributed by atoms with van der Waals surface area (Å²) in [7, 11) is 0. The molecule has 1 atom stereocenters. The molecule has 1 amide bonds. The quantitative estimate of drug-likeness (QED) is 0.715. The SMILES string of the molecule is CC(OCCCN)C(=O)Nc1ccccc1. The molecule has 16 heavy (non-hydrogen) atoms. The predicted molar refractivity (Wildman–Crippen MR) is 64.2 cm³/mol. The van der Waals surface area contributed by atoms with Gasteiger partial charge in [0.15, 0.2) is 0 Å². The lowest BCUT2D eigenvalue weighted by Crippen LogP contribution is -2.28. The Bertz CT molecular complexity index is 314. The van der Waals surface area contributed by atoms with E-state index < -0.39 is 6.10 Å². The van der Waals surface area contributed by atoms with Gasteiger partial charge in [0.25, 0.3) is 5.91 Å². The van der Waals surface area contributed by atoms with Crippen molar-refractivity contribution in [1.82, 2.24) is 0 Å². The second-order valence-corrected chi connectivity index (χ2v) is 3.51. The molecule has 3 N–H and O–H groups in total. The molecule has 0 heterocycles. The molecule has 0 fully saturated rings. The van der Waals surface area contributed by atoms with Crippen molar-refractivity contribution in [3.05, 3.63) is 30.3 Å². The summed E-state index contributed by atoms with van der Waals surface area (Å²) in [6.07, 6.45) is 0.315. The molecule has 0 saturated carbocycles. The van der Waals surface area contributed by atoms with Crippen LogP contribution < -0.4 is 11.1 Å². The number of amides is 1. The number of carbonyl (C=O) groups is 1. The lowest BCUT2D eigenvalue weighted by atomic mass is 10.3. The molecule has 88 valence electrons. The first-order chi connectivity index (χ1) is 7.74. The third kappa shape index (κ3) is 4.42. The van der Waals surface area contributed by atoms with Crippen LogP contribution in [0.3, 0.4) is 0 Å². The fourth-order valence-corrected chi connectivity index (χ4v) is 1.18. The van der Waals surface area contributed by atoms with Gasteiger partial charge in [0, 0.05) is 12.3 Å². The first kappa shape index (κ1) is 12.7. The second-order valence-electron chi connectivity index (χ2n) is 3.51. The Morgan fingerprint density at radius 1 is 1.44 bits per heavy atom. The summed E-state index contributed by atoms with van der Waals surface area (Å²) in [4.78, 5) is 11.6. The van der Waals surface area contributed by atoms with Crippen LogP contribution in [-0.2, 0) is 9.53 Å². The molecule has 0 radical (unpaired) electrons. The lowest BCUT2D eigenvalue weighted by Gasteiger charge is -2.12. The maximum Gasteiger partial charge on any atom is 0.253 e. The summed E-state index contributed by atoms with van der Waals surface area (Å²) in [5, 5.41) is 2.77. The lowest BCUT2D eigenvalue weighted by molar-refractivity contribution is -0.126. The van der Waals surface area contributed by atoms with Crippen LogP contribution in [0.1, 0.15) is 13.3 Å². The second kappa shape index (κ2) is 6.98. The normalized spacial score (nSPS) is 12.1. The third-order valence-electron chi connectivity index (χ3n) is 2.13. The molecule has 0 aliphatic heterocycles. The van der Waals surface area contributed by atoms with Gasteiger partial charge < -0.3 is 15.8 Å². The first-order valence-electron chi connectivity index (χ1n) is 5.41. The van der Waals surface area contributed by atoms with Crippen LogP contribution >= 0.6 is 0 Å². The molecule has 1 aromatic rings. The number of anilines is 1. The molecule has 0 aromatic heterocycles. The Kier molecular flexibility index (Phi) is 5.53. The van der Waals surface area contributed by atoms with Gasteiger partial charge in [-0.05, 0) is 32.0 Å². The highest BCUT2D eigenvalue weighted by atomic mass is 16.5. The van der Waals surface area contributed by atoms with Gasteiger partial charge >= 0.3 is 0 Å². The Hall–Kier alpha value is -1.39. The molecule has 1 unspecified atom stereocenters. The van der Waals surface area contributed by atoms with Gasteiger partial charge in [-0.15, -0.1) is 0 Å². The van der Waals surface area contributed by atoms with Crippen LogP contribution in [-0.4, -0.2) is 25.2 Å². The smallest absolute Gasteiger partial charge is 0.253 e. The van der Waals surface area contributed by atoms with E-state index in [1.807, 2.05) is 30.3 Å². The number of rotatable bonds is 6. The van der Waals surface area contributed by atoms with Crippen molar-refractivity contribution in [2.24, 2.45) is 5.73 Å². The van der Waals surface area contributed by atoms with E-state index in [0.29, 0.717) is 13.2 Å². The van der Waals surface area contributed by atoms with Gasteiger partial charge in [-0.2, -0.15) is 0 Å². The molecule has 0 aliphatic carbocycles. The van der Waals surface area contributed by atoms with Gasteiger partial charge in [-0.1, -0.05) is 18.2 Å². The number of hydrogen-bond acceptors (Lipinski definition) is 3. The number of para-hydroxylation sites is 1.